The molecule has 0 heterocycles. The first-order valence-electron chi connectivity index (χ1n) is 6.88. The molecule has 1 aliphatic rings. The Bertz CT molecular complexity index is 357. The van der Waals surface area contributed by atoms with Gasteiger partial charge >= 0.3 is 0 Å². The van der Waals surface area contributed by atoms with Gasteiger partial charge in [-0.3, -0.25) is 11.3 Å². The summed E-state index contributed by atoms with van der Waals surface area (Å²) in [6.07, 6.45) is 4.29. The van der Waals surface area contributed by atoms with Crippen LogP contribution in [-0.4, -0.2) is 12.7 Å². The SMILES string of the molecule is CC(C)OCC(NN)c1ccc(C2CCC2)cc1. The highest BCUT2D eigenvalue weighted by Crippen LogP contribution is 2.36. The monoisotopic (exact) mass is 248 g/mol. The highest BCUT2D eigenvalue weighted by Gasteiger charge is 2.19. The largest absolute Gasteiger partial charge is 0.377 e. The van der Waals surface area contributed by atoms with E-state index in [9.17, 15) is 0 Å². The van der Waals surface area contributed by atoms with Crippen LogP contribution in [0.5, 0.6) is 0 Å². The third-order valence-electron chi connectivity index (χ3n) is 3.71. The predicted octanol–water partition coefficient (Wildman–Crippen LogP) is 2.88. The van der Waals surface area contributed by atoms with E-state index in [4.69, 9.17) is 10.6 Å². The lowest BCUT2D eigenvalue weighted by molar-refractivity contribution is 0.0611. The zero-order chi connectivity index (χ0) is 13.0. The molecule has 0 aliphatic heterocycles. The number of hydrogen-bond acceptors (Lipinski definition) is 3. The van der Waals surface area contributed by atoms with E-state index in [1.165, 1.54) is 30.4 Å². The number of benzene rings is 1. The van der Waals surface area contributed by atoms with Gasteiger partial charge < -0.3 is 4.74 Å². The Balaban J connectivity index is 1.97. The molecule has 1 atom stereocenters. The van der Waals surface area contributed by atoms with E-state index in [2.05, 4.69) is 29.7 Å². The summed E-state index contributed by atoms with van der Waals surface area (Å²) in [6.45, 7) is 4.68. The molecule has 1 saturated carbocycles. The summed E-state index contributed by atoms with van der Waals surface area (Å²) >= 11 is 0. The van der Waals surface area contributed by atoms with Gasteiger partial charge in [0.15, 0.2) is 0 Å². The molecule has 1 aromatic carbocycles. The zero-order valence-electron chi connectivity index (χ0n) is 11.4. The number of ether oxygens (including phenoxy) is 1. The summed E-state index contributed by atoms with van der Waals surface area (Å²) in [4.78, 5) is 0. The maximum atomic E-state index is 5.62. The van der Waals surface area contributed by atoms with E-state index in [1.54, 1.807) is 0 Å². The number of rotatable bonds is 6. The first-order valence-corrected chi connectivity index (χ1v) is 6.88. The van der Waals surface area contributed by atoms with E-state index in [-0.39, 0.29) is 12.1 Å². The molecule has 1 aliphatic carbocycles. The molecule has 2 rings (SSSR count). The fourth-order valence-corrected chi connectivity index (χ4v) is 2.27. The quantitative estimate of drug-likeness (QED) is 0.601. The third kappa shape index (κ3) is 3.31. The van der Waals surface area contributed by atoms with Gasteiger partial charge in [-0.15, -0.1) is 0 Å². The molecule has 0 spiro atoms. The molecule has 1 unspecified atom stereocenters. The van der Waals surface area contributed by atoms with Crippen molar-refractivity contribution in [3.63, 3.8) is 0 Å². The predicted molar refractivity (Wildman–Crippen MR) is 74.2 cm³/mol. The minimum Gasteiger partial charge on any atom is -0.377 e. The smallest absolute Gasteiger partial charge is 0.0694 e. The zero-order valence-corrected chi connectivity index (χ0v) is 11.4. The minimum atomic E-state index is 0.0721. The Hall–Kier alpha value is -0.900. The Morgan fingerprint density at radius 3 is 2.39 bits per heavy atom. The maximum Gasteiger partial charge on any atom is 0.0694 e. The van der Waals surface area contributed by atoms with Crippen LogP contribution in [0, 0.1) is 0 Å². The number of hydrogen-bond donors (Lipinski definition) is 2. The molecule has 0 saturated heterocycles. The van der Waals surface area contributed by atoms with Crippen molar-refractivity contribution >= 4 is 0 Å². The molecule has 3 N–H and O–H groups in total. The van der Waals surface area contributed by atoms with Gasteiger partial charge in [0.1, 0.15) is 0 Å². The van der Waals surface area contributed by atoms with Crippen LogP contribution >= 0.6 is 0 Å². The van der Waals surface area contributed by atoms with Crippen molar-refractivity contribution in [2.24, 2.45) is 5.84 Å². The molecule has 3 heteroatoms. The van der Waals surface area contributed by atoms with Gasteiger partial charge in [-0.25, -0.2) is 0 Å². The van der Waals surface area contributed by atoms with Gasteiger partial charge in [-0.2, -0.15) is 0 Å². The number of nitrogens with two attached hydrogens (primary N) is 1. The molecule has 0 aromatic heterocycles. The molecule has 0 amide bonds. The molecule has 0 bridgehead atoms. The van der Waals surface area contributed by atoms with Crippen LogP contribution in [0.25, 0.3) is 0 Å². The van der Waals surface area contributed by atoms with Crippen LogP contribution in [0.15, 0.2) is 24.3 Å². The molecular weight excluding hydrogens is 224 g/mol. The lowest BCUT2D eigenvalue weighted by Gasteiger charge is -2.26. The van der Waals surface area contributed by atoms with Crippen LogP contribution in [0.3, 0.4) is 0 Å². The van der Waals surface area contributed by atoms with Crippen LogP contribution in [-0.2, 0) is 4.74 Å². The fraction of sp³-hybridized carbons (Fsp3) is 0.600. The summed E-state index contributed by atoms with van der Waals surface area (Å²) in [5, 5.41) is 0. The van der Waals surface area contributed by atoms with Crippen molar-refractivity contribution in [2.45, 2.75) is 51.2 Å². The van der Waals surface area contributed by atoms with Crippen LogP contribution < -0.4 is 11.3 Å². The Labute approximate surface area is 110 Å². The molecule has 1 fully saturated rings. The molecular formula is C15H24N2O. The Kier molecular flexibility index (Phi) is 4.75. The van der Waals surface area contributed by atoms with Crippen molar-refractivity contribution in [1.29, 1.82) is 0 Å². The van der Waals surface area contributed by atoms with Crippen molar-refractivity contribution in [3.05, 3.63) is 35.4 Å². The lowest BCUT2D eigenvalue weighted by Crippen LogP contribution is -2.32. The van der Waals surface area contributed by atoms with Crippen molar-refractivity contribution in [3.8, 4) is 0 Å². The summed E-state index contributed by atoms with van der Waals surface area (Å²) in [5.74, 6) is 6.38. The van der Waals surface area contributed by atoms with Gasteiger partial charge in [-0.05, 0) is 43.7 Å². The van der Waals surface area contributed by atoms with E-state index in [0.717, 1.165) is 5.92 Å². The van der Waals surface area contributed by atoms with Gasteiger partial charge in [-0.1, -0.05) is 30.7 Å². The van der Waals surface area contributed by atoms with E-state index >= 15 is 0 Å². The summed E-state index contributed by atoms with van der Waals surface area (Å²) in [5.41, 5.74) is 5.48. The summed E-state index contributed by atoms with van der Waals surface area (Å²) < 4.78 is 5.62. The van der Waals surface area contributed by atoms with E-state index in [0.29, 0.717) is 6.61 Å². The van der Waals surface area contributed by atoms with Crippen molar-refractivity contribution in [2.75, 3.05) is 6.61 Å². The topological polar surface area (TPSA) is 47.3 Å². The van der Waals surface area contributed by atoms with Gasteiger partial charge in [0, 0.05) is 0 Å². The van der Waals surface area contributed by atoms with Gasteiger partial charge in [0.25, 0.3) is 0 Å². The van der Waals surface area contributed by atoms with Crippen LogP contribution in [0.4, 0.5) is 0 Å². The summed E-state index contributed by atoms with van der Waals surface area (Å²) in [6, 6.07) is 8.88. The average Bonchev–Trinajstić information content (AvgIpc) is 2.29. The first-order chi connectivity index (χ1) is 8.70. The Morgan fingerprint density at radius 1 is 1.28 bits per heavy atom. The molecule has 100 valence electrons. The highest BCUT2D eigenvalue weighted by atomic mass is 16.5. The Morgan fingerprint density at radius 2 is 1.94 bits per heavy atom. The van der Waals surface area contributed by atoms with E-state index in [1.807, 2.05) is 13.8 Å². The second-order valence-corrected chi connectivity index (χ2v) is 5.40. The van der Waals surface area contributed by atoms with Gasteiger partial charge in [0.05, 0.1) is 18.8 Å². The van der Waals surface area contributed by atoms with E-state index < -0.39 is 0 Å². The van der Waals surface area contributed by atoms with Crippen molar-refractivity contribution < 1.29 is 4.74 Å². The van der Waals surface area contributed by atoms with Crippen LogP contribution in [0.2, 0.25) is 0 Å². The normalized spacial score (nSPS) is 17.8. The first kappa shape index (κ1) is 13.5. The minimum absolute atomic E-state index is 0.0721. The average molecular weight is 248 g/mol. The highest BCUT2D eigenvalue weighted by molar-refractivity contribution is 5.28. The second-order valence-electron chi connectivity index (χ2n) is 5.40. The molecule has 3 nitrogen and oxygen atoms in total. The number of nitrogens with one attached hydrogen (secondary N) is 1. The molecule has 1 aromatic rings. The summed E-state index contributed by atoms with van der Waals surface area (Å²) in [7, 11) is 0. The van der Waals surface area contributed by atoms with Crippen molar-refractivity contribution in [1.82, 2.24) is 5.43 Å². The standard InChI is InChI=1S/C15H24N2O/c1-11(2)18-10-15(17-16)14-8-6-13(7-9-14)12-4-3-5-12/h6-9,11-12,15,17H,3-5,10,16H2,1-2H3. The molecule has 0 radical (unpaired) electrons. The lowest BCUT2D eigenvalue weighted by atomic mass is 9.80. The fourth-order valence-electron chi connectivity index (χ4n) is 2.27. The maximum absolute atomic E-state index is 5.62. The second kappa shape index (κ2) is 6.32. The third-order valence-corrected chi connectivity index (χ3v) is 3.71. The number of hydrazine groups is 1. The van der Waals surface area contributed by atoms with Gasteiger partial charge in [0.2, 0.25) is 0 Å². The van der Waals surface area contributed by atoms with Crippen LogP contribution in [0.1, 0.15) is 56.2 Å². The molecule has 18 heavy (non-hydrogen) atoms.